The first-order valence-corrected chi connectivity index (χ1v) is 8.26. The second kappa shape index (κ2) is 5.74. The van der Waals surface area contributed by atoms with E-state index >= 15 is 0 Å². The Balaban J connectivity index is 2.41. The van der Waals surface area contributed by atoms with Crippen LogP contribution in [0.25, 0.3) is 0 Å². The molecule has 0 fully saturated rings. The second-order valence-electron chi connectivity index (χ2n) is 3.92. The zero-order valence-electron chi connectivity index (χ0n) is 9.90. The molecule has 0 aliphatic carbocycles. The second-order valence-corrected chi connectivity index (χ2v) is 7.22. The number of hydrogen-bond acceptors (Lipinski definition) is 3. The SMILES string of the molecule is Nc1ccc(S(=O)(=O)Nc2ccc(I)cc2Cl)c(F)c1. The van der Waals surface area contributed by atoms with Gasteiger partial charge in [-0.15, -0.1) is 0 Å². The maximum absolute atomic E-state index is 13.7. The van der Waals surface area contributed by atoms with Crippen molar-refractivity contribution in [3.05, 3.63) is 50.8 Å². The van der Waals surface area contributed by atoms with Crippen molar-refractivity contribution in [1.29, 1.82) is 0 Å². The lowest BCUT2D eigenvalue weighted by molar-refractivity contribution is 0.571. The molecular formula is C12H9ClFIN2O2S. The zero-order chi connectivity index (χ0) is 14.9. The molecule has 20 heavy (non-hydrogen) atoms. The number of sulfonamides is 1. The van der Waals surface area contributed by atoms with Crippen LogP contribution in [0.5, 0.6) is 0 Å². The molecular weight excluding hydrogens is 418 g/mol. The van der Waals surface area contributed by atoms with Gasteiger partial charge in [0.1, 0.15) is 10.7 Å². The summed E-state index contributed by atoms with van der Waals surface area (Å²) in [7, 11) is -4.06. The molecule has 0 spiro atoms. The zero-order valence-corrected chi connectivity index (χ0v) is 13.6. The first-order valence-electron chi connectivity index (χ1n) is 5.32. The Labute approximate surface area is 134 Å². The number of nitrogens with two attached hydrogens (primary N) is 1. The van der Waals surface area contributed by atoms with E-state index in [-0.39, 0.29) is 16.4 Å². The van der Waals surface area contributed by atoms with Gasteiger partial charge in [0, 0.05) is 9.26 Å². The van der Waals surface area contributed by atoms with Crippen molar-refractivity contribution in [2.75, 3.05) is 10.5 Å². The van der Waals surface area contributed by atoms with Gasteiger partial charge in [0.15, 0.2) is 0 Å². The molecule has 0 saturated carbocycles. The van der Waals surface area contributed by atoms with E-state index in [0.29, 0.717) is 0 Å². The van der Waals surface area contributed by atoms with Crippen molar-refractivity contribution in [3.63, 3.8) is 0 Å². The highest BCUT2D eigenvalue weighted by Crippen LogP contribution is 2.27. The number of hydrogen-bond donors (Lipinski definition) is 2. The molecule has 0 heterocycles. The molecule has 0 unspecified atom stereocenters. The van der Waals surface area contributed by atoms with Crippen LogP contribution in [0.3, 0.4) is 0 Å². The topological polar surface area (TPSA) is 72.2 Å². The Bertz CT molecular complexity index is 768. The number of nitrogen functional groups attached to an aromatic ring is 1. The summed E-state index contributed by atoms with van der Waals surface area (Å²) in [4.78, 5) is -0.485. The third kappa shape index (κ3) is 3.33. The Morgan fingerprint density at radius 2 is 1.90 bits per heavy atom. The van der Waals surface area contributed by atoms with Gasteiger partial charge in [0.2, 0.25) is 0 Å². The van der Waals surface area contributed by atoms with Crippen molar-refractivity contribution in [2.45, 2.75) is 4.90 Å². The van der Waals surface area contributed by atoms with Gasteiger partial charge >= 0.3 is 0 Å². The highest BCUT2D eigenvalue weighted by Gasteiger charge is 2.20. The fraction of sp³-hybridized carbons (Fsp3) is 0. The molecule has 0 aromatic heterocycles. The fourth-order valence-corrected chi connectivity index (χ4v) is 3.61. The van der Waals surface area contributed by atoms with E-state index in [9.17, 15) is 12.8 Å². The van der Waals surface area contributed by atoms with Gasteiger partial charge in [0.25, 0.3) is 10.0 Å². The molecule has 106 valence electrons. The van der Waals surface area contributed by atoms with E-state index in [0.717, 1.165) is 15.7 Å². The molecule has 2 rings (SSSR count). The highest BCUT2D eigenvalue weighted by atomic mass is 127. The minimum absolute atomic E-state index is 0.147. The van der Waals surface area contributed by atoms with Crippen LogP contribution in [0, 0.1) is 9.39 Å². The highest BCUT2D eigenvalue weighted by molar-refractivity contribution is 14.1. The minimum atomic E-state index is -4.06. The predicted molar refractivity (Wildman–Crippen MR) is 85.8 cm³/mol. The van der Waals surface area contributed by atoms with Gasteiger partial charge in [0.05, 0.1) is 10.7 Å². The van der Waals surface area contributed by atoms with Crippen LogP contribution in [0.15, 0.2) is 41.3 Å². The van der Waals surface area contributed by atoms with Crippen LogP contribution >= 0.6 is 34.2 Å². The average Bonchev–Trinajstić information content (AvgIpc) is 2.32. The molecule has 0 amide bonds. The first kappa shape index (κ1) is 15.3. The summed E-state index contributed by atoms with van der Waals surface area (Å²) in [6.45, 7) is 0. The summed E-state index contributed by atoms with van der Waals surface area (Å²) in [6.07, 6.45) is 0. The van der Waals surface area contributed by atoms with Crippen molar-refractivity contribution in [2.24, 2.45) is 0 Å². The van der Waals surface area contributed by atoms with Crippen LogP contribution < -0.4 is 10.5 Å². The van der Waals surface area contributed by atoms with Crippen LogP contribution in [-0.2, 0) is 10.0 Å². The smallest absolute Gasteiger partial charge is 0.264 e. The van der Waals surface area contributed by atoms with E-state index in [1.807, 2.05) is 22.6 Å². The van der Waals surface area contributed by atoms with E-state index in [2.05, 4.69) is 4.72 Å². The van der Waals surface area contributed by atoms with Gasteiger partial charge in [-0.2, -0.15) is 0 Å². The summed E-state index contributed by atoms with van der Waals surface area (Å²) < 4.78 is 41.0. The third-order valence-corrected chi connectivity index (χ3v) is 4.80. The summed E-state index contributed by atoms with van der Waals surface area (Å²) in [5.41, 5.74) is 5.72. The lowest BCUT2D eigenvalue weighted by Gasteiger charge is -2.10. The van der Waals surface area contributed by atoms with Crippen LogP contribution in [-0.4, -0.2) is 8.42 Å². The summed E-state index contributed by atoms with van der Waals surface area (Å²) in [6, 6.07) is 8.16. The first-order chi connectivity index (χ1) is 9.29. The third-order valence-electron chi connectivity index (χ3n) is 2.42. The number of nitrogens with one attached hydrogen (secondary N) is 1. The Kier molecular flexibility index (Phi) is 4.40. The van der Waals surface area contributed by atoms with Gasteiger partial charge in [-0.25, -0.2) is 12.8 Å². The normalized spacial score (nSPS) is 11.3. The van der Waals surface area contributed by atoms with Gasteiger partial charge < -0.3 is 5.73 Å². The molecule has 2 aromatic rings. The molecule has 2 aromatic carbocycles. The largest absolute Gasteiger partial charge is 0.399 e. The number of halogens is 3. The van der Waals surface area contributed by atoms with E-state index < -0.39 is 20.7 Å². The number of rotatable bonds is 3. The van der Waals surface area contributed by atoms with E-state index in [1.165, 1.54) is 12.1 Å². The summed E-state index contributed by atoms with van der Waals surface area (Å²) >= 11 is 7.99. The van der Waals surface area contributed by atoms with Crippen LogP contribution in [0.4, 0.5) is 15.8 Å². The van der Waals surface area contributed by atoms with Gasteiger partial charge in [-0.05, 0) is 59.0 Å². The molecule has 0 aliphatic heterocycles. The van der Waals surface area contributed by atoms with Crippen LogP contribution in [0.2, 0.25) is 5.02 Å². The van der Waals surface area contributed by atoms with Gasteiger partial charge in [-0.1, -0.05) is 11.6 Å². The standard InChI is InChI=1S/C12H9ClFIN2O2S/c13-9-5-7(15)1-3-11(9)17-20(18,19)12-4-2-8(16)6-10(12)14/h1-6,17H,16H2. The number of anilines is 2. The molecule has 0 bridgehead atoms. The van der Waals surface area contributed by atoms with Gasteiger partial charge in [-0.3, -0.25) is 4.72 Å². The molecule has 0 aliphatic rings. The van der Waals surface area contributed by atoms with Crippen LogP contribution in [0.1, 0.15) is 0 Å². The molecule has 4 nitrogen and oxygen atoms in total. The van der Waals surface area contributed by atoms with E-state index in [1.54, 1.807) is 12.1 Å². The molecule has 0 radical (unpaired) electrons. The summed E-state index contributed by atoms with van der Waals surface area (Å²) in [5.74, 6) is -0.917. The van der Waals surface area contributed by atoms with E-state index in [4.69, 9.17) is 17.3 Å². The molecule has 8 heteroatoms. The molecule has 0 saturated heterocycles. The predicted octanol–water partition coefficient (Wildman–Crippen LogP) is 3.47. The lowest BCUT2D eigenvalue weighted by atomic mass is 10.3. The van der Waals surface area contributed by atoms with Crippen molar-refractivity contribution in [3.8, 4) is 0 Å². The molecule has 0 atom stereocenters. The monoisotopic (exact) mass is 426 g/mol. The van der Waals surface area contributed by atoms with Crippen molar-refractivity contribution in [1.82, 2.24) is 0 Å². The van der Waals surface area contributed by atoms with Crippen molar-refractivity contribution >= 4 is 55.6 Å². The fourth-order valence-electron chi connectivity index (χ4n) is 1.51. The summed E-state index contributed by atoms with van der Waals surface area (Å²) in [5, 5.41) is 0.233. The van der Waals surface area contributed by atoms with Crippen molar-refractivity contribution < 1.29 is 12.8 Å². The molecule has 3 N–H and O–H groups in total. The Hall–Kier alpha value is -1.06. The minimum Gasteiger partial charge on any atom is -0.399 e. The quantitative estimate of drug-likeness (QED) is 0.583. The Morgan fingerprint density at radius 3 is 2.50 bits per heavy atom. The lowest BCUT2D eigenvalue weighted by Crippen LogP contribution is -2.15. The Morgan fingerprint density at radius 1 is 1.20 bits per heavy atom. The maximum atomic E-state index is 13.7. The number of benzene rings is 2. The maximum Gasteiger partial charge on any atom is 0.264 e. The average molecular weight is 427 g/mol.